The van der Waals surface area contributed by atoms with Crippen LogP contribution in [0.15, 0.2) is 59.8 Å². The van der Waals surface area contributed by atoms with Crippen LogP contribution in [0.2, 0.25) is 0 Å². The average Bonchev–Trinajstić information content (AvgIpc) is 3.16. The van der Waals surface area contributed by atoms with E-state index in [2.05, 4.69) is 15.4 Å². The molecule has 0 saturated heterocycles. The molecule has 3 aromatic rings. The summed E-state index contributed by atoms with van der Waals surface area (Å²) in [6.07, 6.45) is 0. The molecule has 1 unspecified atom stereocenters. The van der Waals surface area contributed by atoms with Gasteiger partial charge < -0.3 is 14.8 Å². The number of benzene rings is 2. The number of halogens is 1. The number of nitrogens with one attached hydrogen (secondary N) is 1. The van der Waals surface area contributed by atoms with Crippen molar-refractivity contribution < 1.29 is 18.7 Å². The second kappa shape index (κ2) is 7.98. The number of nitrogens with zero attached hydrogens (tertiary/aromatic N) is 3. The standard InChI is InChI=1S/C22H21FN4O3/c1-4-30-21(28)18-13(2)24-22-25-20(14-8-10-16(23)11-9-14)26-27(22)19(18)15-6-5-7-17(12-15)29-3/h5-12,19H,4H2,1-3H3,(H,24,25,26). The Hall–Kier alpha value is -3.68. The van der Waals surface area contributed by atoms with Gasteiger partial charge in [-0.1, -0.05) is 12.1 Å². The van der Waals surface area contributed by atoms with E-state index < -0.39 is 12.0 Å². The van der Waals surface area contributed by atoms with E-state index in [1.165, 1.54) is 12.1 Å². The fourth-order valence-corrected chi connectivity index (χ4v) is 3.47. The van der Waals surface area contributed by atoms with E-state index in [0.29, 0.717) is 34.4 Å². The molecule has 1 aliphatic rings. The number of anilines is 1. The van der Waals surface area contributed by atoms with E-state index in [-0.39, 0.29) is 12.4 Å². The molecule has 1 N–H and O–H groups in total. The van der Waals surface area contributed by atoms with E-state index in [1.807, 2.05) is 24.3 Å². The molecule has 0 radical (unpaired) electrons. The van der Waals surface area contributed by atoms with Crippen molar-refractivity contribution in [2.45, 2.75) is 19.9 Å². The molecule has 0 bridgehead atoms. The molecule has 0 spiro atoms. The summed E-state index contributed by atoms with van der Waals surface area (Å²) in [5.41, 5.74) is 2.54. The van der Waals surface area contributed by atoms with Crippen LogP contribution in [0.5, 0.6) is 5.75 Å². The molecule has 1 atom stereocenters. The zero-order chi connectivity index (χ0) is 21.3. The molecule has 0 aliphatic carbocycles. The molecular formula is C22H21FN4O3. The highest BCUT2D eigenvalue weighted by atomic mass is 19.1. The lowest BCUT2D eigenvalue weighted by Gasteiger charge is -2.28. The zero-order valence-electron chi connectivity index (χ0n) is 16.8. The molecule has 30 heavy (non-hydrogen) atoms. The summed E-state index contributed by atoms with van der Waals surface area (Å²) >= 11 is 0. The van der Waals surface area contributed by atoms with Gasteiger partial charge in [0.05, 0.1) is 19.3 Å². The number of hydrogen-bond acceptors (Lipinski definition) is 6. The van der Waals surface area contributed by atoms with E-state index in [4.69, 9.17) is 9.47 Å². The molecule has 8 heteroatoms. The van der Waals surface area contributed by atoms with Gasteiger partial charge in [-0.3, -0.25) is 0 Å². The Kier molecular flexibility index (Phi) is 5.22. The van der Waals surface area contributed by atoms with Crippen LogP contribution in [0.3, 0.4) is 0 Å². The first kappa shape index (κ1) is 19.6. The number of hydrogen-bond donors (Lipinski definition) is 1. The van der Waals surface area contributed by atoms with Crippen LogP contribution in [0.25, 0.3) is 11.4 Å². The van der Waals surface area contributed by atoms with Crippen molar-refractivity contribution >= 4 is 11.9 Å². The number of rotatable bonds is 5. The number of aromatic nitrogens is 3. The maximum Gasteiger partial charge on any atom is 0.338 e. The van der Waals surface area contributed by atoms with E-state index in [9.17, 15) is 9.18 Å². The van der Waals surface area contributed by atoms with Crippen molar-refractivity contribution in [3.8, 4) is 17.1 Å². The van der Waals surface area contributed by atoms with Crippen LogP contribution in [0.4, 0.5) is 10.3 Å². The molecule has 2 aromatic carbocycles. The van der Waals surface area contributed by atoms with Gasteiger partial charge >= 0.3 is 5.97 Å². The Morgan fingerprint density at radius 2 is 2.00 bits per heavy atom. The highest BCUT2D eigenvalue weighted by Gasteiger charge is 2.35. The third-order valence-electron chi connectivity index (χ3n) is 4.86. The molecule has 4 rings (SSSR count). The van der Waals surface area contributed by atoms with Crippen molar-refractivity contribution in [2.75, 3.05) is 19.0 Å². The van der Waals surface area contributed by atoms with Crippen molar-refractivity contribution in [3.63, 3.8) is 0 Å². The van der Waals surface area contributed by atoms with Crippen molar-refractivity contribution in [3.05, 3.63) is 71.2 Å². The van der Waals surface area contributed by atoms with Crippen LogP contribution in [0, 0.1) is 5.82 Å². The molecular weight excluding hydrogens is 387 g/mol. The van der Waals surface area contributed by atoms with Gasteiger partial charge in [0.15, 0.2) is 5.82 Å². The molecule has 2 heterocycles. The van der Waals surface area contributed by atoms with Gasteiger partial charge in [0.25, 0.3) is 0 Å². The maximum atomic E-state index is 13.3. The van der Waals surface area contributed by atoms with Gasteiger partial charge in [0, 0.05) is 11.3 Å². The third-order valence-corrected chi connectivity index (χ3v) is 4.86. The van der Waals surface area contributed by atoms with Crippen molar-refractivity contribution in [1.82, 2.24) is 14.8 Å². The summed E-state index contributed by atoms with van der Waals surface area (Å²) in [5, 5.41) is 7.77. The smallest absolute Gasteiger partial charge is 0.338 e. The summed E-state index contributed by atoms with van der Waals surface area (Å²) in [5.74, 6) is 0.792. The zero-order valence-corrected chi connectivity index (χ0v) is 16.8. The second-order valence-electron chi connectivity index (χ2n) is 6.77. The minimum Gasteiger partial charge on any atom is -0.497 e. The van der Waals surface area contributed by atoms with E-state index >= 15 is 0 Å². The molecule has 1 aliphatic heterocycles. The largest absolute Gasteiger partial charge is 0.497 e. The molecule has 0 saturated carbocycles. The van der Waals surface area contributed by atoms with Crippen LogP contribution >= 0.6 is 0 Å². The summed E-state index contributed by atoms with van der Waals surface area (Å²) < 4.78 is 25.6. The predicted molar refractivity (Wildman–Crippen MR) is 110 cm³/mol. The topological polar surface area (TPSA) is 78.3 Å². The fraction of sp³-hybridized carbons (Fsp3) is 0.227. The summed E-state index contributed by atoms with van der Waals surface area (Å²) in [4.78, 5) is 17.4. The highest BCUT2D eigenvalue weighted by molar-refractivity contribution is 5.92. The van der Waals surface area contributed by atoms with Gasteiger partial charge in [-0.25, -0.2) is 13.9 Å². The third kappa shape index (κ3) is 3.52. The van der Waals surface area contributed by atoms with Gasteiger partial charge in [0.2, 0.25) is 5.95 Å². The predicted octanol–water partition coefficient (Wildman–Crippen LogP) is 3.94. The number of methoxy groups -OCH3 is 1. The number of fused-ring (bicyclic) bond motifs is 1. The lowest BCUT2D eigenvalue weighted by atomic mass is 9.95. The minimum atomic E-state index is -0.558. The molecule has 0 amide bonds. The summed E-state index contributed by atoms with van der Waals surface area (Å²) in [7, 11) is 1.59. The molecule has 7 nitrogen and oxygen atoms in total. The van der Waals surface area contributed by atoms with Gasteiger partial charge in [-0.05, 0) is 55.8 Å². The first-order valence-electron chi connectivity index (χ1n) is 9.53. The van der Waals surface area contributed by atoms with Gasteiger partial charge in [0.1, 0.15) is 17.6 Å². The van der Waals surface area contributed by atoms with Crippen LogP contribution < -0.4 is 10.1 Å². The molecule has 154 valence electrons. The number of carbonyl (C=O) groups excluding carboxylic acids is 1. The van der Waals surface area contributed by atoms with Gasteiger partial charge in [-0.15, -0.1) is 5.10 Å². The Bertz CT molecular complexity index is 1120. The monoisotopic (exact) mass is 408 g/mol. The van der Waals surface area contributed by atoms with Crippen LogP contribution in [-0.4, -0.2) is 34.5 Å². The number of allylic oxidation sites excluding steroid dienone is 1. The number of ether oxygens (including phenoxy) is 2. The summed E-state index contributed by atoms with van der Waals surface area (Å²) in [6.45, 7) is 3.82. The highest BCUT2D eigenvalue weighted by Crippen LogP contribution is 2.37. The normalized spacial score (nSPS) is 15.4. The lowest BCUT2D eigenvalue weighted by molar-refractivity contribution is -0.139. The second-order valence-corrected chi connectivity index (χ2v) is 6.77. The Labute approximate surface area is 173 Å². The Morgan fingerprint density at radius 1 is 1.23 bits per heavy atom. The lowest BCUT2D eigenvalue weighted by Crippen LogP contribution is -2.29. The van der Waals surface area contributed by atoms with Crippen LogP contribution in [-0.2, 0) is 9.53 Å². The first-order chi connectivity index (χ1) is 14.5. The quantitative estimate of drug-likeness (QED) is 0.644. The Balaban J connectivity index is 1.86. The van der Waals surface area contributed by atoms with E-state index in [0.717, 1.165) is 5.56 Å². The number of carbonyl (C=O) groups is 1. The maximum absolute atomic E-state index is 13.3. The van der Waals surface area contributed by atoms with Crippen molar-refractivity contribution in [1.29, 1.82) is 0 Å². The van der Waals surface area contributed by atoms with E-state index in [1.54, 1.807) is 37.8 Å². The number of esters is 1. The average molecular weight is 408 g/mol. The fourth-order valence-electron chi connectivity index (χ4n) is 3.47. The Morgan fingerprint density at radius 3 is 2.70 bits per heavy atom. The van der Waals surface area contributed by atoms with Gasteiger partial charge in [-0.2, -0.15) is 4.98 Å². The van der Waals surface area contributed by atoms with Crippen LogP contribution in [0.1, 0.15) is 25.5 Å². The minimum absolute atomic E-state index is 0.255. The SMILES string of the molecule is CCOC(=O)C1=C(C)Nc2nc(-c3ccc(F)cc3)nn2C1c1cccc(OC)c1. The molecule has 1 aromatic heterocycles. The molecule has 0 fully saturated rings. The summed E-state index contributed by atoms with van der Waals surface area (Å²) in [6, 6.07) is 12.8. The first-order valence-corrected chi connectivity index (χ1v) is 9.53. The van der Waals surface area contributed by atoms with Crippen molar-refractivity contribution in [2.24, 2.45) is 0 Å².